The first-order valence-corrected chi connectivity index (χ1v) is 10.9. The summed E-state index contributed by atoms with van der Waals surface area (Å²) in [6.45, 7) is 4.43. The van der Waals surface area contributed by atoms with E-state index in [-0.39, 0.29) is 29.0 Å². The minimum atomic E-state index is -4.56. The molecule has 0 atom stereocenters. The molecule has 5 rings (SSSR count). The third-order valence-electron chi connectivity index (χ3n) is 5.97. The maximum Gasteiger partial charge on any atom is 0.417 e. The van der Waals surface area contributed by atoms with Crippen molar-refractivity contribution in [1.29, 1.82) is 0 Å². The molecule has 12 heteroatoms. The van der Waals surface area contributed by atoms with E-state index < -0.39 is 17.6 Å². The number of nitrogens with one attached hydrogen (secondary N) is 1. The molecule has 0 bridgehead atoms. The second kappa shape index (κ2) is 8.26. The van der Waals surface area contributed by atoms with Gasteiger partial charge in [-0.3, -0.25) is 4.79 Å². The topological polar surface area (TPSA) is 102 Å². The summed E-state index contributed by atoms with van der Waals surface area (Å²) in [6, 6.07) is 4.58. The Morgan fingerprint density at radius 3 is 2.59 bits per heavy atom. The van der Waals surface area contributed by atoms with Gasteiger partial charge < -0.3 is 10.2 Å². The first-order chi connectivity index (χ1) is 16.2. The van der Waals surface area contributed by atoms with Gasteiger partial charge in [0.1, 0.15) is 6.54 Å². The molecule has 1 saturated heterocycles. The molecule has 0 spiro atoms. The number of alkyl halides is 3. The number of carbonyl (C=O) groups excluding carboxylic acids is 1. The van der Waals surface area contributed by atoms with Gasteiger partial charge in [0.2, 0.25) is 5.91 Å². The molecule has 4 aromatic rings. The Balaban J connectivity index is 1.43. The summed E-state index contributed by atoms with van der Waals surface area (Å²) in [4.78, 5) is 19.3. The zero-order chi connectivity index (χ0) is 24.0. The van der Waals surface area contributed by atoms with Gasteiger partial charge in [-0.05, 0) is 61.6 Å². The largest absolute Gasteiger partial charge is 0.417 e. The Bertz CT molecular complexity index is 1390. The lowest BCUT2D eigenvalue weighted by molar-refractivity contribution is -0.136. The fourth-order valence-electron chi connectivity index (χ4n) is 4.48. The molecule has 0 radical (unpaired) electrons. The lowest BCUT2D eigenvalue weighted by atomic mass is 10.1. The van der Waals surface area contributed by atoms with Crippen molar-refractivity contribution in [2.75, 3.05) is 23.3 Å². The summed E-state index contributed by atoms with van der Waals surface area (Å²) in [5, 5.41) is 14.8. The number of benzene rings is 1. The van der Waals surface area contributed by atoms with E-state index in [2.05, 4.69) is 30.6 Å². The monoisotopic (exact) mass is 473 g/mol. The van der Waals surface area contributed by atoms with E-state index in [1.165, 1.54) is 25.0 Å². The van der Waals surface area contributed by atoms with Crippen molar-refractivity contribution in [3.63, 3.8) is 0 Å². The Morgan fingerprint density at radius 1 is 1.12 bits per heavy atom. The quantitative estimate of drug-likeness (QED) is 0.473. The van der Waals surface area contributed by atoms with Gasteiger partial charge in [-0.1, -0.05) is 0 Å². The molecule has 178 valence electrons. The number of pyridine rings is 1. The molecule has 1 aliphatic heterocycles. The highest BCUT2D eigenvalue weighted by Gasteiger charge is 2.35. The van der Waals surface area contributed by atoms with E-state index in [1.54, 1.807) is 6.07 Å². The van der Waals surface area contributed by atoms with Gasteiger partial charge >= 0.3 is 6.18 Å². The van der Waals surface area contributed by atoms with Crippen LogP contribution in [0.3, 0.4) is 0 Å². The number of nitrogens with zero attached hydrogens (tertiary/aromatic N) is 6. The fourth-order valence-corrected chi connectivity index (χ4v) is 4.48. The van der Waals surface area contributed by atoms with Crippen LogP contribution in [-0.4, -0.2) is 44.1 Å². The zero-order valence-corrected chi connectivity index (χ0v) is 18.6. The summed E-state index contributed by atoms with van der Waals surface area (Å²) in [7, 11) is 0. The van der Waals surface area contributed by atoms with Gasteiger partial charge in [0, 0.05) is 18.8 Å². The Kier molecular flexibility index (Phi) is 5.37. The van der Waals surface area contributed by atoms with E-state index >= 15 is 0 Å². The van der Waals surface area contributed by atoms with Crippen molar-refractivity contribution in [3.8, 4) is 0 Å². The molecule has 1 N–H and O–H groups in total. The first-order valence-electron chi connectivity index (χ1n) is 10.9. The van der Waals surface area contributed by atoms with Gasteiger partial charge in [0.15, 0.2) is 16.7 Å². The zero-order valence-electron chi connectivity index (χ0n) is 18.6. The van der Waals surface area contributed by atoms with Gasteiger partial charge in [-0.25, -0.2) is 14.3 Å². The number of hydrogen-bond acceptors (Lipinski definition) is 7. The number of amides is 1. The molecule has 0 saturated carbocycles. The highest BCUT2D eigenvalue weighted by Crippen LogP contribution is 2.36. The van der Waals surface area contributed by atoms with Crippen molar-refractivity contribution >= 4 is 39.3 Å². The third kappa shape index (κ3) is 3.93. The molecular formula is C22H22F3N7O2. The number of hydrogen-bond donors (Lipinski definition) is 1. The molecule has 3 aromatic heterocycles. The van der Waals surface area contributed by atoms with Gasteiger partial charge in [0.25, 0.3) is 0 Å². The number of aromatic nitrogens is 5. The van der Waals surface area contributed by atoms with Crippen LogP contribution in [-0.2, 0) is 17.5 Å². The van der Waals surface area contributed by atoms with Crippen LogP contribution in [0.5, 0.6) is 0 Å². The van der Waals surface area contributed by atoms with Crippen molar-refractivity contribution in [2.45, 2.75) is 45.8 Å². The summed E-state index contributed by atoms with van der Waals surface area (Å²) < 4.78 is 46.8. The lowest BCUT2D eigenvalue weighted by Crippen LogP contribution is -2.29. The number of aryl methyl sites for hydroxylation is 2. The average molecular weight is 473 g/mol. The number of carbonyl (C=O) groups is 1. The predicted octanol–water partition coefficient (Wildman–Crippen LogP) is 4.23. The minimum absolute atomic E-state index is 0.00803. The molecule has 0 aliphatic carbocycles. The molecule has 4 heterocycles. The number of piperidine rings is 1. The smallest absolute Gasteiger partial charge is 0.370 e. The van der Waals surface area contributed by atoms with Crippen LogP contribution in [0, 0.1) is 13.8 Å². The normalized spacial score (nSPS) is 14.8. The van der Waals surface area contributed by atoms with Crippen LogP contribution in [0.2, 0.25) is 0 Å². The van der Waals surface area contributed by atoms with Gasteiger partial charge in [-0.2, -0.15) is 18.3 Å². The first kappa shape index (κ1) is 22.1. The average Bonchev–Trinajstić information content (AvgIpc) is 3.39. The second-order valence-electron chi connectivity index (χ2n) is 8.44. The molecule has 1 fully saturated rings. The number of anilines is 2. The maximum atomic E-state index is 13.6. The van der Waals surface area contributed by atoms with E-state index in [9.17, 15) is 18.0 Å². The van der Waals surface area contributed by atoms with Crippen LogP contribution in [0.4, 0.5) is 24.5 Å². The third-order valence-corrected chi connectivity index (χ3v) is 5.97. The molecule has 1 aromatic carbocycles. The van der Waals surface area contributed by atoms with Crippen LogP contribution >= 0.6 is 0 Å². The van der Waals surface area contributed by atoms with Crippen molar-refractivity contribution in [1.82, 2.24) is 25.1 Å². The predicted molar refractivity (Wildman–Crippen MR) is 119 cm³/mol. The van der Waals surface area contributed by atoms with E-state index in [4.69, 9.17) is 4.63 Å². The van der Waals surface area contributed by atoms with Crippen LogP contribution in [0.15, 0.2) is 22.8 Å². The van der Waals surface area contributed by atoms with Gasteiger partial charge in [-0.15, -0.1) is 0 Å². The Labute approximate surface area is 191 Å². The molecular weight excluding hydrogens is 451 g/mol. The summed E-state index contributed by atoms with van der Waals surface area (Å²) in [5.41, 5.74) is 1.77. The van der Waals surface area contributed by atoms with Crippen molar-refractivity contribution in [3.05, 3.63) is 35.2 Å². The summed E-state index contributed by atoms with van der Waals surface area (Å²) >= 11 is 0. The minimum Gasteiger partial charge on any atom is -0.370 e. The summed E-state index contributed by atoms with van der Waals surface area (Å²) in [6.07, 6.45) is -1.20. The molecule has 1 amide bonds. The number of rotatable bonds is 4. The van der Waals surface area contributed by atoms with Crippen LogP contribution in [0.25, 0.3) is 22.1 Å². The fraction of sp³-hybridized carbons (Fsp3) is 0.409. The van der Waals surface area contributed by atoms with E-state index in [1.807, 2.05) is 6.07 Å². The van der Waals surface area contributed by atoms with Crippen molar-refractivity contribution in [2.24, 2.45) is 0 Å². The maximum absolute atomic E-state index is 13.6. The molecule has 9 nitrogen and oxygen atoms in total. The van der Waals surface area contributed by atoms with Crippen molar-refractivity contribution < 1.29 is 22.6 Å². The lowest BCUT2D eigenvalue weighted by Gasteiger charge is -2.28. The second-order valence-corrected chi connectivity index (χ2v) is 8.44. The summed E-state index contributed by atoms with van der Waals surface area (Å²) in [5.74, 6) is -0.490. The van der Waals surface area contributed by atoms with Crippen LogP contribution < -0.4 is 10.2 Å². The van der Waals surface area contributed by atoms with Crippen LogP contribution in [0.1, 0.15) is 36.2 Å². The van der Waals surface area contributed by atoms with E-state index in [0.29, 0.717) is 16.7 Å². The number of fused-ring (bicyclic) bond motifs is 2. The molecule has 1 aliphatic rings. The molecule has 34 heavy (non-hydrogen) atoms. The van der Waals surface area contributed by atoms with E-state index in [0.717, 1.165) is 37.7 Å². The SMILES string of the molecule is Cc1cc(C(F)(F)F)c2c(C)nn(CC(=O)Nc3ccc(N4CCCCC4)c4nonc34)c2n1. The van der Waals surface area contributed by atoms with Gasteiger partial charge in [0.05, 0.1) is 28.0 Å². The Hall–Kier alpha value is -3.70. The Morgan fingerprint density at radius 2 is 1.85 bits per heavy atom. The number of halogens is 3. The highest BCUT2D eigenvalue weighted by molar-refractivity contribution is 6.03. The highest BCUT2D eigenvalue weighted by atomic mass is 19.4. The standard InChI is InChI=1S/C22H22F3N7O2/c1-12-10-14(22(23,24)25)18-13(2)28-32(21(18)26-12)11-17(33)27-15-6-7-16(20-19(15)29-34-30-20)31-8-4-3-5-9-31/h6-7,10H,3-5,8-9,11H2,1-2H3,(H,27,33). The molecule has 0 unspecified atom stereocenters.